The number of rotatable bonds is 8. The lowest BCUT2D eigenvalue weighted by atomic mass is 9.98. The van der Waals surface area contributed by atoms with Crippen molar-refractivity contribution in [1.82, 2.24) is 9.80 Å². The Kier molecular flexibility index (Phi) is 6.88. The Hall–Kier alpha value is -3.16. The molecular formula is C28H32N2O5. The highest BCUT2D eigenvalue weighted by Gasteiger charge is 2.42. The lowest BCUT2D eigenvalue weighted by molar-refractivity contribution is 0.0353. The van der Waals surface area contributed by atoms with Gasteiger partial charge in [-0.2, -0.15) is 0 Å². The fraction of sp³-hybridized carbons (Fsp3) is 0.429. The van der Waals surface area contributed by atoms with E-state index in [0.29, 0.717) is 29.7 Å². The molecule has 5 rings (SSSR count). The Morgan fingerprint density at radius 1 is 1.06 bits per heavy atom. The van der Waals surface area contributed by atoms with E-state index in [4.69, 9.17) is 13.9 Å². The maximum absolute atomic E-state index is 13.7. The Balaban J connectivity index is 1.53. The summed E-state index contributed by atoms with van der Waals surface area (Å²) < 4.78 is 17.4. The van der Waals surface area contributed by atoms with Crippen LogP contribution < -0.4 is 10.2 Å². The van der Waals surface area contributed by atoms with Crippen LogP contribution in [0.1, 0.15) is 53.1 Å². The van der Waals surface area contributed by atoms with E-state index in [9.17, 15) is 9.59 Å². The van der Waals surface area contributed by atoms with E-state index in [1.807, 2.05) is 43.3 Å². The highest BCUT2D eigenvalue weighted by atomic mass is 16.5. The number of aryl methyl sites for hydroxylation is 1. The predicted octanol–water partition coefficient (Wildman–Crippen LogP) is 4.16. The van der Waals surface area contributed by atoms with Crippen LogP contribution >= 0.6 is 0 Å². The summed E-state index contributed by atoms with van der Waals surface area (Å²) in [6.45, 7) is 9.30. The largest absolute Gasteiger partial charge is 0.494 e. The minimum atomic E-state index is -0.506. The Bertz CT molecular complexity index is 1280. The zero-order valence-electron chi connectivity index (χ0n) is 20.4. The van der Waals surface area contributed by atoms with E-state index >= 15 is 0 Å². The van der Waals surface area contributed by atoms with Gasteiger partial charge in [0.2, 0.25) is 5.76 Å². The minimum absolute atomic E-state index is 0.140. The first-order chi connectivity index (χ1) is 17.1. The summed E-state index contributed by atoms with van der Waals surface area (Å²) in [4.78, 5) is 31.5. The number of carbonyl (C=O) groups is 1. The van der Waals surface area contributed by atoms with Crippen molar-refractivity contribution in [3.8, 4) is 5.75 Å². The summed E-state index contributed by atoms with van der Waals surface area (Å²) in [6.07, 6.45) is 1.70. The summed E-state index contributed by atoms with van der Waals surface area (Å²) >= 11 is 0. The third-order valence-electron chi connectivity index (χ3n) is 6.74. The highest BCUT2D eigenvalue weighted by molar-refractivity contribution is 5.99. The summed E-state index contributed by atoms with van der Waals surface area (Å²) in [5.41, 5.74) is 2.56. The standard InChI is InChI=1S/C28H32N2O5/c1-3-14-34-21-7-4-6-20(18-21)25-24-26(31)22-17-19(2)8-9-23(22)35-27(24)28(32)30(25)11-5-10-29-12-15-33-16-13-29/h4,6-9,17-18,25H,3,5,10-16H2,1-2H3/t25-/m1/s1. The highest BCUT2D eigenvalue weighted by Crippen LogP contribution is 2.39. The number of ether oxygens (including phenoxy) is 2. The molecule has 7 nitrogen and oxygen atoms in total. The zero-order chi connectivity index (χ0) is 24.4. The molecule has 2 aromatic carbocycles. The molecule has 0 aliphatic carbocycles. The average molecular weight is 477 g/mol. The second kappa shape index (κ2) is 10.2. The first-order valence-corrected chi connectivity index (χ1v) is 12.5. The Labute approximate surface area is 205 Å². The van der Waals surface area contributed by atoms with E-state index in [0.717, 1.165) is 62.6 Å². The number of benzene rings is 2. The maximum Gasteiger partial charge on any atom is 0.290 e. The first-order valence-electron chi connectivity index (χ1n) is 12.5. The van der Waals surface area contributed by atoms with Gasteiger partial charge < -0.3 is 18.8 Å². The second-order valence-corrected chi connectivity index (χ2v) is 9.30. The molecule has 1 atom stereocenters. The molecule has 0 spiro atoms. The monoisotopic (exact) mass is 476 g/mol. The van der Waals surface area contributed by atoms with Crippen molar-refractivity contribution in [2.45, 2.75) is 32.7 Å². The number of morpholine rings is 1. The summed E-state index contributed by atoms with van der Waals surface area (Å²) in [5.74, 6) is 0.661. The quantitative estimate of drug-likeness (QED) is 0.486. The molecule has 1 amide bonds. The van der Waals surface area contributed by atoms with Crippen LogP contribution in [0.4, 0.5) is 0 Å². The molecule has 0 radical (unpaired) electrons. The number of amides is 1. The molecule has 1 aromatic heterocycles. The van der Waals surface area contributed by atoms with Gasteiger partial charge in [-0.3, -0.25) is 14.5 Å². The van der Waals surface area contributed by atoms with Crippen LogP contribution in [0, 0.1) is 6.92 Å². The van der Waals surface area contributed by atoms with Crippen molar-refractivity contribution in [3.05, 3.63) is 75.1 Å². The van der Waals surface area contributed by atoms with Crippen LogP contribution in [0.2, 0.25) is 0 Å². The minimum Gasteiger partial charge on any atom is -0.494 e. The van der Waals surface area contributed by atoms with Gasteiger partial charge in [-0.05, 0) is 49.6 Å². The maximum atomic E-state index is 13.7. The number of fused-ring (bicyclic) bond motifs is 2. The fourth-order valence-corrected chi connectivity index (χ4v) is 5.00. The molecule has 3 aromatic rings. The first kappa shape index (κ1) is 23.6. The van der Waals surface area contributed by atoms with Crippen molar-refractivity contribution in [3.63, 3.8) is 0 Å². The molecule has 0 bridgehead atoms. The molecule has 2 aliphatic heterocycles. The third-order valence-corrected chi connectivity index (χ3v) is 6.74. The van der Waals surface area contributed by atoms with E-state index in [2.05, 4.69) is 11.8 Å². The summed E-state index contributed by atoms with van der Waals surface area (Å²) in [6, 6.07) is 12.7. The average Bonchev–Trinajstić information content (AvgIpc) is 3.16. The lowest BCUT2D eigenvalue weighted by Gasteiger charge is -2.29. The number of nitrogens with zero attached hydrogens (tertiary/aromatic N) is 2. The van der Waals surface area contributed by atoms with Crippen LogP contribution in [-0.4, -0.2) is 61.7 Å². The predicted molar refractivity (Wildman–Crippen MR) is 134 cm³/mol. The molecule has 2 aliphatic rings. The van der Waals surface area contributed by atoms with E-state index in [-0.39, 0.29) is 17.1 Å². The van der Waals surface area contributed by atoms with Gasteiger partial charge in [0, 0.05) is 26.2 Å². The fourth-order valence-electron chi connectivity index (χ4n) is 5.00. The normalized spacial score (nSPS) is 18.3. The third kappa shape index (κ3) is 4.70. The lowest BCUT2D eigenvalue weighted by Crippen LogP contribution is -2.38. The van der Waals surface area contributed by atoms with Crippen LogP contribution in [0.25, 0.3) is 11.0 Å². The molecule has 1 fully saturated rings. The molecule has 184 valence electrons. The van der Waals surface area contributed by atoms with Gasteiger partial charge in [0.15, 0.2) is 5.43 Å². The zero-order valence-corrected chi connectivity index (χ0v) is 20.4. The molecule has 0 N–H and O–H groups in total. The number of hydrogen-bond donors (Lipinski definition) is 0. The van der Waals surface area contributed by atoms with Crippen molar-refractivity contribution in [2.24, 2.45) is 0 Å². The molecule has 0 unspecified atom stereocenters. The van der Waals surface area contributed by atoms with Gasteiger partial charge >= 0.3 is 0 Å². The van der Waals surface area contributed by atoms with Gasteiger partial charge in [0.05, 0.1) is 36.8 Å². The van der Waals surface area contributed by atoms with Gasteiger partial charge in [-0.1, -0.05) is 30.7 Å². The summed E-state index contributed by atoms with van der Waals surface area (Å²) in [5, 5.41) is 0.509. The van der Waals surface area contributed by atoms with E-state index in [1.54, 1.807) is 11.0 Å². The van der Waals surface area contributed by atoms with E-state index in [1.165, 1.54) is 0 Å². The van der Waals surface area contributed by atoms with Crippen LogP contribution in [0.5, 0.6) is 5.75 Å². The number of hydrogen-bond acceptors (Lipinski definition) is 6. The molecule has 35 heavy (non-hydrogen) atoms. The smallest absolute Gasteiger partial charge is 0.290 e. The van der Waals surface area contributed by atoms with E-state index < -0.39 is 6.04 Å². The van der Waals surface area contributed by atoms with Crippen molar-refractivity contribution >= 4 is 16.9 Å². The SMILES string of the molecule is CCCOc1cccc([C@@H]2c3c(oc4ccc(C)cc4c3=O)C(=O)N2CCCN2CCOCC2)c1. The van der Waals surface area contributed by atoms with Crippen molar-refractivity contribution in [1.29, 1.82) is 0 Å². The Morgan fingerprint density at radius 2 is 1.89 bits per heavy atom. The molecule has 3 heterocycles. The van der Waals surface area contributed by atoms with Gasteiger partial charge in [0.25, 0.3) is 5.91 Å². The summed E-state index contributed by atoms with van der Waals surface area (Å²) in [7, 11) is 0. The molecule has 1 saturated heterocycles. The molecule has 0 saturated carbocycles. The van der Waals surface area contributed by atoms with Gasteiger partial charge in [-0.15, -0.1) is 0 Å². The van der Waals surface area contributed by atoms with Gasteiger partial charge in [0.1, 0.15) is 11.3 Å². The molecule has 7 heteroatoms. The number of carbonyl (C=O) groups excluding carboxylic acids is 1. The second-order valence-electron chi connectivity index (χ2n) is 9.30. The van der Waals surface area contributed by atoms with Crippen LogP contribution in [-0.2, 0) is 4.74 Å². The van der Waals surface area contributed by atoms with Crippen LogP contribution in [0.15, 0.2) is 51.7 Å². The topological polar surface area (TPSA) is 72.2 Å². The van der Waals surface area contributed by atoms with Crippen molar-refractivity contribution in [2.75, 3.05) is 46.0 Å². The molecular weight excluding hydrogens is 444 g/mol. The van der Waals surface area contributed by atoms with Crippen LogP contribution in [0.3, 0.4) is 0 Å². The Morgan fingerprint density at radius 3 is 2.69 bits per heavy atom. The van der Waals surface area contributed by atoms with Crippen molar-refractivity contribution < 1.29 is 18.7 Å². The van der Waals surface area contributed by atoms with Gasteiger partial charge in [-0.25, -0.2) is 0 Å².